The highest BCUT2D eigenvalue weighted by Crippen LogP contribution is 1.82. The molecule has 0 saturated heterocycles. The van der Waals surface area contributed by atoms with Crippen molar-refractivity contribution in [3.63, 3.8) is 0 Å². The summed E-state index contributed by atoms with van der Waals surface area (Å²) in [7, 11) is 0. The molecule has 0 atom stereocenters. The Bertz CT molecular complexity index is 78.6. The number of hydrogen-bond donors (Lipinski definition) is 0. The third kappa shape index (κ3) is 11.8. The summed E-state index contributed by atoms with van der Waals surface area (Å²) in [5.74, 6) is 0. The summed E-state index contributed by atoms with van der Waals surface area (Å²) in [5.41, 5.74) is 0. The average molecular weight is 194 g/mol. The molecule has 5 heteroatoms. The van der Waals surface area contributed by atoms with E-state index in [9.17, 15) is 0 Å². The minimum Gasteiger partial charge on any atom is -0.376 e. The minimum atomic E-state index is 0.433. The van der Waals surface area contributed by atoms with Crippen molar-refractivity contribution in [2.45, 2.75) is 13.8 Å². The first-order valence-corrected chi connectivity index (χ1v) is 4.48. The lowest BCUT2D eigenvalue weighted by atomic mass is 10.7. The van der Waals surface area contributed by atoms with Crippen molar-refractivity contribution in [2.24, 2.45) is 0 Å². The standard InChI is InChI=1S/C8H18O5/c1-3-10-12-7-5-9-6-8-13-11-4-2/h3-8H2,1-2H3. The molecule has 0 aromatic carbocycles. The third-order valence-electron chi connectivity index (χ3n) is 1.02. The molecule has 0 heterocycles. The second-order valence-electron chi connectivity index (χ2n) is 2.07. The Morgan fingerprint density at radius 3 is 1.46 bits per heavy atom. The molecule has 0 unspecified atom stereocenters. The molecule has 0 radical (unpaired) electrons. The van der Waals surface area contributed by atoms with Crippen LogP contribution in [-0.4, -0.2) is 39.6 Å². The number of hydrogen-bond acceptors (Lipinski definition) is 5. The third-order valence-corrected chi connectivity index (χ3v) is 1.02. The van der Waals surface area contributed by atoms with Gasteiger partial charge in [-0.15, -0.1) is 0 Å². The fourth-order valence-corrected chi connectivity index (χ4v) is 0.572. The summed E-state index contributed by atoms with van der Waals surface area (Å²) >= 11 is 0. The molecule has 0 aliphatic rings. The first-order valence-electron chi connectivity index (χ1n) is 4.48. The predicted molar refractivity (Wildman–Crippen MR) is 46.0 cm³/mol. The quantitative estimate of drug-likeness (QED) is 0.294. The molecule has 0 saturated carbocycles. The van der Waals surface area contributed by atoms with Crippen LogP contribution in [0.4, 0.5) is 0 Å². The molecule has 0 aromatic rings. The van der Waals surface area contributed by atoms with E-state index < -0.39 is 0 Å². The zero-order chi connectivity index (χ0) is 9.78. The molecule has 0 spiro atoms. The summed E-state index contributed by atoms with van der Waals surface area (Å²) in [4.78, 5) is 18.7. The summed E-state index contributed by atoms with van der Waals surface area (Å²) in [6, 6.07) is 0. The molecular weight excluding hydrogens is 176 g/mol. The SMILES string of the molecule is CCOOCCOCCOOCC. The molecule has 0 aliphatic heterocycles. The average Bonchev–Trinajstić information content (AvgIpc) is 2.16. The fourth-order valence-electron chi connectivity index (χ4n) is 0.572. The number of rotatable bonds is 10. The minimum absolute atomic E-state index is 0.433. The van der Waals surface area contributed by atoms with Crippen LogP contribution in [0.5, 0.6) is 0 Å². The van der Waals surface area contributed by atoms with Gasteiger partial charge in [0.25, 0.3) is 0 Å². The Morgan fingerprint density at radius 2 is 1.08 bits per heavy atom. The van der Waals surface area contributed by atoms with Gasteiger partial charge in [-0.25, -0.2) is 19.6 Å². The van der Waals surface area contributed by atoms with Crippen molar-refractivity contribution >= 4 is 0 Å². The summed E-state index contributed by atoms with van der Waals surface area (Å²) < 4.78 is 5.12. The highest BCUT2D eigenvalue weighted by atomic mass is 17.2. The fraction of sp³-hybridized carbons (Fsp3) is 1.00. The lowest BCUT2D eigenvalue weighted by Gasteiger charge is -2.04. The first kappa shape index (κ1) is 12.8. The van der Waals surface area contributed by atoms with E-state index in [0.29, 0.717) is 39.6 Å². The molecule has 0 rings (SSSR count). The Hall–Kier alpha value is -0.200. The normalized spacial score (nSPS) is 10.6. The van der Waals surface area contributed by atoms with Gasteiger partial charge >= 0.3 is 0 Å². The molecule has 0 amide bonds. The summed E-state index contributed by atoms with van der Waals surface area (Å²) in [5, 5.41) is 0. The Balaban J connectivity index is 2.76. The van der Waals surface area contributed by atoms with E-state index in [1.807, 2.05) is 13.8 Å². The maximum atomic E-state index is 5.12. The van der Waals surface area contributed by atoms with Gasteiger partial charge in [-0.1, -0.05) is 0 Å². The van der Waals surface area contributed by atoms with Crippen molar-refractivity contribution in [3.8, 4) is 0 Å². The van der Waals surface area contributed by atoms with Gasteiger partial charge in [0.2, 0.25) is 0 Å². The van der Waals surface area contributed by atoms with Gasteiger partial charge in [-0.3, -0.25) is 0 Å². The first-order chi connectivity index (χ1) is 6.41. The Morgan fingerprint density at radius 1 is 0.615 bits per heavy atom. The van der Waals surface area contributed by atoms with E-state index in [-0.39, 0.29) is 0 Å². The van der Waals surface area contributed by atoms with Crippen molar-refractivity contribution in [1.29, 1.82) is 0 Å². The van der Waals surface area contributed by atoms with Gasteiger partial charge in [-0.2, -0.15) is 0 Å². The molecule has 0 bridgehead atoms. The van der Waals surface area contributed by atoms with Gasteiger partial charge in [0.05, 0.1) is 26.4 Å². The van der Waals surface area contributed by atoms with Crippen molar-refractivity contribution in [2.75, 3.05) is 39.6 Å². The maximum absolute atomic E-state index is 5.12. The van der Waals surface area contributed by atoms with Gasteiger partial charge in [-0.05, 0) is 13.8 Å². The molecule has 5 nitrogen and oxygen atoms in total. The van der Waals surface area contributed by atoms with E-state index >= 15 is 0 Å². The van der Waals surface area contributed by atoms with Gasteiger partial charge in [0, 0.05) is 0 Å². The molecular formula is C8H18O5. The van der Waals surface area contributed by atoms with Crippen LogP contribution in [-0.2, 0) is 24.3 Å². The smallest absolute Gasteiger partial charge is 0.106 e. The van der Waals surface area contributed by atoms with Gasteiger partial charge in [0.1, 0.15) is 13.2 Å². The van der Waals surface area contributed by atoms with E-state index in [0.717, 1.165) is 0 Å². The van der Waals surface area contributed by atoms with E-state index in [2.05, 4.69) is 9.78 Å². The summed E-state index contributed by atoms with van der Waals surface area (Å²) in [6.45, 7) is 6.67. The van der Waals surface area contributed by atoms with Crippen LogP contribution in [0.2, 0.25) is 0 Å². The Kier molecular flexibility index (Phi) is 11.6. The van der Waals surface area contributed by atoms with Crippen LogP contribution in [0.25, 0.3) is 0 Å². The van der Waals surface area contributed by atoms with Crippen molar-refractivity contribution in [3.05, 3.63) is 0 Å². The van der Waals surface area contributed by atoms with E-state index in [1.165, 1.54) is 0 Å². The predicted octanol–water partition coefficient (Wildman–Crippen LogP) is 0.939. The molecule has 0 aliphatic carbocycles. The zero-order valence-electron chi connectivity index (χ0n) is 8.28. The van der Waals surface area contributed by atoms with Crippen LogP contribution in [0.3, 0.4) is 0 Å². The molecule has 0 N–H and O–H groups in total. The van der Waals surface area contributed by atoms with Crippen LogP contribution in [0.1, 0.15) is 13.8 Å². The van der Waals surface area contributed by atoms with Crippen LogP contribution >= 0.6 is 0 Å². The lowest BCUT2D eigenvalue weighted by molar-refractivity contribution is -0.304. The highest BCUT2D eigenvalue weighted by Gasteiger charge is 1.90. The second kappa shape index (κ2) is 11.8. The van der Waals surface area contributed by atoms with Crippen molar-refractivity contribution in [1.82, 2.24) is 0 Å². The largest absolute Gasteiger partial charge is 0.376 e. The van der Waals surface area contributed by atoms with Gasteiger partial charge in [0.15, 0.2) is 0 Å². The Labute approximate surface area is 78.7 Å². The van der Waals surface area contributed by atoms with E-state index in [1.54, 1.807) is 0 Å². The van der Waals surface area contributed by atoms with Crippen LogP contribution < -0.4 is 0 Å². The summed E-state index contributed by atoms with van der Waals surface area (Å²) in [6.07, 6.45) is 0. The molecule has 13 heavy (non-hydrogen) atoms. The monoisotopic (exact) mass is 194 g/mol. The number of ether oxygens (including phenoxy) is 1. The second-order valence-corrected chi connectivity index (χ2v) is 2.07. The zero-order valence-corrected chi connectivity index (χ0v) is 8.28. The highest BCUT2D eigenvalue weighted by molar-refractivity contribution is 4.27. The van der Waals surface area contributed by atoms with E-state index in [4.69, 9.17) is 14.5 Å². The van der Waals surface area contributed by atoms with Crippen LogP contribution in [0, 0.1) is 0 Å². The lowest BCUT2D eigenvalue weighted by Crippen LogP contribution is -2.09. The molecule has 80 valence electrons. The topological polar surface area (TPSA) is 46.2 Å². The van der Waals surface area contributed by atoms with Crippen LogP contribution in [0.15, 0.2) is 0 Å². The van der Waals surface area contributed by atoms with Gasteiger partial charge < -0.3 is 4.74 Å². The molecule has 0 aromatic heterocycles. The molecule has 0 fully saturated rings. The maximum Gasteiger partial charge on any atom is 0.106 e. The van der Waals surface area contributed by atoms with Crippen molar-refractivity contribution < 1.29 is 24.3 Å².